The maximum atomic E-state index is 11.8. The van der Waals surface area contributed by atoms with E-state index in [4.69, 9.17) is 15.0 Å². The zero-order valence-electron chi connectivity index (χ0n) is 10.7. The molecule has 0 saturated heterocycles. The first-order valence-corrected chi connectivity index (χ1v) is 6.85. The molecule has 0 fully saturated rings. The molecule has 0 aliphatic rings. The molecule has 0 bridgehead atoms. The molecule has 3 rings (SSSR count). The van der Waals surface area contributed by atoms with Gasteiger partial charge in [0.2, 0.25) is 0 Å². The van der Waals surface area contributed by atoms with Gasteiger partial charge in [0.05, 0.1) is 4.88 Å². The van der Waals surface area contributed by atoms with Crippen LogP contribution in [-0.4, -0.2) is 21.1 Å². The van der Waals surface area contributed by atoms with Gasteiger partial charge in [0, 0.05) is 18.5 Å². The third-order valence-electron chi connectivity index (χ3n) is 2.59. The van der Waals surface area contributed by atoms with E-state index in [-0.39, 0.29) is 18.1 Å². The number of nitrogens with zero attached hydrogens (tertiary/aromatic N) is 3. The highest BCUT2D eigenvalue weighted by atomic mass is 32.1. The highest BCUT2D eigenvalue weighted by Gasteiger charge is 2.15. The third kappa shape index (κ3) is 2.90. The van der Waals surface area contributed by atoms with Gasteiger partial charge in [0.15, 0.2) is 17.3 Å². The van der Waals surface area contributed by atoms with Crippen LogP contribution in [0.15, 0.2) is 40.5 Å². The van der Waals surface area contributed by atoms with Crippen molar-refractivity contribution in [2.45, 2.75) is 6.61 Å². The summed E-state index contributed by atoms with van der Waals surface area (Å²) in [7, 11) is 0. The van der Waals surface area contributed by atoms with Crippen LogP contribution in [0.3, 0.4) is 0 Å². The second kappa shape index (κ2) is 5.71. The van der Waals surface area contributed by atoms with Gasteiger partial charge in [0.25, 0.3) is 0 Å². The Bertz CT molecular complexity index is 754. The Morgan fingerprint density at radius 3 is 3.00 bits per heavy atom. The molecule has 106 valence electrons. The monoisotopic (exact) mass is 302 g/mol. The van der Waals surface area contributed by atoms with Crippen LogP contribution in [0, 0.1) is 0 Å². The van der Waals surface area contributed by atoms with E-state index in [1.165, 1.54) is 23.7 Å². The molecule has 3 aromatic rings. The number of carbonyl (C=O) groups is 1. The Morgan fingerprint density at radius 2 is 2.24 bits per heavy atom. The molecule has 21 heavy (non-hydrogen) atoms. The van der Waals surface area contributed by atoms with E-state index in [9.17, 15) is 4.79 Å². The Morgan fingerprint density at radius 1 is 1.38 bits per heavy atom. The minimum atomic E-state index is -0.652. The first-order chi connectivity index (χ1) is 10.2. The van der Waals surface area contributed by atoms with E-state index in [1.54, 1.807) is 6.07 Å². The van der Waals surface area contributed by atoms with E-state index in [2.05, 4.69) is 15.1 Å². The zero-order chi connectivity index (χ0) is 14.7. The smallest absolute Gasteiger partial charge is 0.361 e. The number of esters is 1. The molecular weight excluding hydrogens is 292 g/mol. The van der Waals surface area contributed by atoms with Crippen LogP contribution in [-0.2, 0) is 11.3 Å². The lowest BCUT2D eigenvalue weighted by molar-refractivity contribution is 0.0458. The number of thiophene rings is 1. The number of carbonyl (C=O) groups excluding carboxylic acids is 1. The van der Waals surface area contributed by atoms with Crippen LogP contribution in [0.4, 0.5) is 5.82 Å². The number of rotatable bonds is 4. The molecule has 0 radical (unpaired) electrons. The van der Waals surface area contributed by atoms with Crippen molar-refractivity contribution in [2.24, 2.45) is 0 Å². The van der Waals surface area contributed by atoms with Gasteiger partial charge >= 0.3 is 5.97 Å². The highest BCUT2D eigenvalue weighted by Crippen LogP contribution is 2.25. The summed E-state index contributed by atoms with van der Waals surface area (Å²) in [5, 5.41) is 5.79. The summed E-state index contributed by atoms with van der Waals surface area (Å²) in [6.45, 7) is -0.0241. The summed E-state index contributed by atoms with van der Waals surface area (Å²) in [4.78, 5) is 20.4. The topological polar surface area (TPSA) is 104 Å². The van der Waals surface area contributed by atoms with Gasteiger partial charge in [0.1, 0.15) is 12.3 Å². The number of anilines is 1. The lowest BCUT2D eigenvalue weighted by Crippen LogP contribution is -2.11. The molecule has 0 aromatic carbocycles. The van der Waals surface area contributed by atoms with Crippen molar-refractivity contribution in [1.29, 1.82) is 0 Å². The molecule has 2 N–H and O–H groups in total. The van der Waals surface area contributed by atoms with Gasteiger partial charge in [-0.15, -0.1) is 11.3 Å². The normalized spacial score (nSPS) is 10.5. The standard InChI is InChI=1S/C13H10N4O3S/c14-12-11(15-3-4-16-12)13(18)19-7-8-6-9(20-17-8)10-2-1-5-21-10/h1-6H,7H2,(H2,14,16). The average molecular weight is 302 g/mol. The molecule has 3 heterocycles. The minimum Gasteiger partial charge on any atom is -0.454 e. The van der Waals surface area contributed by atoms with Crippen LogP contribution in [0.1, 0.15) is 16.2 Å². The molecule has 8 heteroatoms. The van der Waals surface area contributed by atoms with Gasteiger partial charge in [-0.05, 0) is 11.4 Å². The van der Waals surface area contributed by atoms with Crippen molar-refractivity contribution in [3.8, 4) is 10.6 Å². The zero-order valence-corrected chi connectivity index (χ0v) is 11.5. The number of nitrogens with two attached hydrogens (primary N) is 1. The SMILES string of the molecule is Nc1nccnc1C(=O)OCc1cc(-c2cccs2)on1. The lowest BCUT2D eigenvalue weighted by atomic mass is 10.3. The van der Waals surface area contributed by atoms with Crippen LogP contribution >= 0.6 is 11.3 Å². The van der Waals surface area contributed by atoms with Gasteiger partial charge < -0.3 is 15.0 Å². The number of aromatic nitrogens is 3. The Labute approximate surface area is 123 Å². The van der Waals surface area contributed by atoms with Crippen LogP contribution in [0.5, 0.6) is 0 Å². The van der Waals surface area contributed by atoms with E-state index >= 15 is 0 Å². The van der Waals surface area contributed by atoms with Crippen LogP contribution < -0.4 is 5.73 Å². The van der Waals surface area contributed by atoms with Crippen LogP contribution in [0.2, 0.25) is 0 Å². The molecule has 0 aliphatic heterocycles. The average Bonchev–Trinajstić information content (AvgIpc) is 3.16. The maximum absolute atomic E-state index is 11.8. The van der Waals surface area contributed by atoms with E-state index in [0.29, 0.717) is 11.5 Å². The molecular formula is C13H10N4O3S. The predicted octanol–water partition coefficient (Wildman–Crippen LogP) is 2.13. The van der Waals surface area contributed by atoms with Crippen molar-refractivity contribution < 1.29 is 14.1 Å². The highest BCUT2D eigenvalue weighted by molar-refractivity contribution is 7.13. The van der Waals surface area contributed by atoms with Crippen molar-refractivity contribution in [3.63, 3.8) is 0 Å². The van der Waals surface area contributed by atoms with Gasteiger partial charge in [-0.25, -0.2) is 14.8 Å². The van der Waals surface area contributed by atoms with Gasteiger partial charge in [-0.1, -0.05) is 11.2 Å². The molecule has 0 aliphatic carbocycles. The lowest BCUT2D eigenvalue weighted by Gasteiger charge is -2.02. The molecule has 0 unspecified atom stereocenters. The predicted molar refractivity (Wildman–Crippen MR) is 75.4 cm³/mol. The quantitative estimate of drug-likeness (QED) is 0.736. The fourth-order valence-corrected chi connectivity index (χ4v) is 2.30. The second-order valence-electron chi connectivity index (χ2n) is 4.03. The van der Waals surface area contributed by atoms with Crippen molar-refractivity contribution in [3.05, 3.63) is 47.4 Å². The van der Waals surface area contributed by atoms with Crippen molar-refractivity contribution >= 4 is 23.1 Å². The van der Waals surface area contributed by atoms with E-state index < -0.39 is 5.97 Å². The van der Waals surface area contributed by atoms with Crippen molar-refractivity contribution in [2.75, 3.05) is 5.73 Å². The number of nitrogen functional groups attached to an aromatic ring is 1. The van der Waals surface area contributed by atoms with Gasteiger partial charge in [-0.3, -0.25) is 0 Å². The summed E-state index contributed by atoms with van der Waals surface area (Å²) in [6, 6.07) is 5.55. The summed E-state index contributed by atoms with van der Waals surface area (Å²) in [6.07, 6.45) is 2.77. The summed E-state index contributed by atoms with van der Waals surface area (Å²) in [5.74, 6) is 0.0123. The molecule has 0 spiro atoms. The molecule has 3 aromatic heterocycles. The first kappa shape index (κ1) is 13.3. The number of hydrogen-bond donors (Lipinski definition) is 1. The number of hydrogen-bond acceptors (Lipinski definition) is 8. The Hall–Kier alpha value is -2.74. The van der Waals surface area contributed by atoms with E-state index in [0.717, 1.165) is 4.88 Å². The molecule has 7 nitrogen and oxygen atoms in total. The third-order valence-corrected chi connectivity index (χ3v) is 3.48. The van der Waals surface area contributed by atoms with Crippen LogP contribution in [0.25, 0.3) is 10.6 Å². The summed E-state index contributed by atoms with van der Waals surface area (Å²) < 4.78 is 10.3. The fourth-order valence-electron chi connectivity index (χ4n) is 1.63. The van der Waals surface area contributed by atoms with E-state index in [1.807, 2.05) is 17.5 Å². The minimum absolute atomic E-state index is 0.0144. The Kier molecular flexibility index (Phi) is 3.61. The molecule has 0 saturated carbocycles. The van der Waals surface area contributed by atoms with Crippen molar-refractivity contribution in [1.82, 2.24) is 15.1 Å². The maximum Gasteiger partial charge on any atom is 0.361 e. The Balaban J connectivity index is 1.66. The first-order valence-electron chi connectivity index (χ1n) is 5.97. The second-order valence-corrected chi connectivity index (χ2v) is 4.97. The number of ether oxygens (including phenoxy) is 1. The van der Waals surface area contributed by atoms with Gasteiger partial charge in [-0.2, -0.15) is 0 Å². The summed E-state index contributed by atoms with van der Waals surface area (Å²) >= 11 is 1.54. The fraction of sp³-hybridized carbons (Fsp3) is 0.0769. The summed E-state index contributed by atoms with van der Waals surface area (Å²) in [5.41, 5.74) is 6.05. The molecule has 0 amide bonds. The largest absolute Gasteiger partial charge is 0.454 e. The molecule has 0 atom stereocenters.